The Morgan fingerprint density at radius 1 is 0.846 bits per heavy atom. The van der Waals surface area contributed by atoms with E-state index in [1.165, 1.54) is 0 Å². The number of hydrogen-bond donors (Lipinski definition) is 4. The van der Waals surface area contributed by atoms with Crippen LogP contribution in [0.3, 0.4) is 0 Å². The quantitative estimate of drug-likeness (QED) is 0.248. The van der Waals surface area contributed by atoms with E-state index in [2.05, 4.69) is 10.6 Å². The molecule has 0 radical (unpaired) electrons. The number of amides is 3. The second-order valence-corrected chi connectivity index (χ2v) is 12.0. The zero-order valence-corrected chi connectivity index (χ0v) is 25.6. The van der Waals surface area contributed by atoms with Crippen LogP contribution in [0, 0.1) is 30.6 Å². The van der Waals surface area contributed by atoms with Crippen LogP contribution in [0.5, 0.6) is 0 Å². The highest BCUT2D eigenvalue weighted by Gasteiger charge is 2.38. The first kappa shape index (κ1) is 34.6. The smallest absolute Gasteiger partial charge is 0.253 e. The van der Waals surface area contributed by atoms with Gasteiger partial charge in [-0.05, 0) is 67.7 Å². The van der Waals surface area contributed by atoms with E-state index in [1.807, 2.05) is 62.3 Å². The van der Waals surface area contributed by atoms with Gasteiger partial charge >= 0.3 is 0 Å². The zero-order chi connectivity index (χ0) is 29.9. The molecule has 4 N–H and O–H groups in total. The number of aliphatic hydroxyl groups is 2. The maximum absolute atomic E-state index is 13.4. The highest BCUT2D eigenvalue weighted by molar-refractivity contribution is 6.00. The number of rotatable bonds is 16. The summed E-state index contributed by atoms with van der Waals surface area (Å²) in [5.41, 5.74) is 1.54. The number of aryl methyl sites for hydroxylation is 1. The largest absolute Gasteiger partial charge is 0.390 e. The number of nitrogens with zero attached hydrogens (tertiary/aromatic N) is 1. The van der Waals surface area contributed by atoms with Gasteiger partial charge < -0.3 is 25.7 Å². The number of aliphatic hydroxyl groups excluding tert-OH is 2. The number of hydrogen-bond acceptors (Lipinski definition) is 5. The fourth-order valence-corrected chi connectivity index (χ4v) is 4.84. The minimum absolute atomic E-state index is 0.107. The van der Waals surface area contributed by atoms with Crippen molar-refractivity contribution in [2.45, 2.75) is 99.8 Å². The van der Waals surface area contributed by atoms with Crippen LogP contribution in [0.1, 0.15) is 101 Å². The summed E-state index contributed by atoms with van der Waals surface area (Å²) >= 11 is 0. The van der Waals surface area contributed by atoms with Gasteiger partial charge in [-0.2, -0.15) is 0 Å². The van der Waals surface area contributed by atoms with Gasteiger partial charge in [0.25, 0.3) is 11.8 Å². The molecule has 1 aromatic rings. The SMILES string of the molecule is CCCN(CCC)C(=O)c1cc(C)cc(C(=O)NC(CC(C)C)C(O)C(O)C(C(=O)NCC(C)C)C(C)C)c1. The molecule has 0 aliphatic heterocycles. The predicted octanol–water partition coefficient (Wildman–Crippen LogP) is 4.17. The van der Waals surface area contributed by atoms with Crippen LogP contribution in [0.15, 0.2) is 18.2 Å². The Kier molecular flexibility index (Phi) is 14.7. The average Bonchev–Trinajstić information content (AvgIpc) is 2.85. The molecule has 8 heteroatoms. The van der Waals surface area contributed by atoms with Crippen molar-refractivity contribution in [1.29, 1.82) is 0 Å². The molecule has 1 aromatic carbocycles. The van der Waals surface area contributed by atoms with Crippen LogP contribution in [0.2, 0.25) is 0 Å². The standard InChI is InChI=1S/C31H53N3O5/c1-10-12-34(13-11-2)31(39)24-16-22(9)15-23(17-24)29(37)33-25(14-19(3)4)27(35)28(36)26(21(7)8)30(38)32-18-20(5)6/h15-17,19-21,25-28,35-36H,10-14,18H2,1-9H3,(H,32,38)(H,33,37). The van der Waals surface area contributed by atoms with Crippen LogP contribution in [0.4, 0.5) is 0 Å². The van der Waals surface area contributed by atoms with Gasteiger partial charge in [-0.3, -0.25) is 14.4 Å². The first-order valence-electron chi connectivity index (χ1n) is 14.6. The van der Waals surface area contributed by atoms with E-state index in [-0.39, 0.29) is 29.6 Å². The third-order valence-electron chi connectivity index (χ3n) is 6.74. The molecule has 0 saturated carbocycles. The predicted molar refractivity (Wildman–Crippen MR) is 157 cm³/mol. The van der Waals surface area contributed by atoms with Crippen molar-refractivity contribution in [2.24, 2.45) is 23.7 Å². The molecular formula is C31H53N3O5. The summed E-state index contributed by atoms with van der Waals surface area (Å²) in [6.45, 7) is 19.2. The third kappa shape index (κ3) is 10.9. The summed E-state index contributed by atoms with van der Waals surface area (Å²) in [4.78, 5) is 41.3. The third-order valence-corrected chi connectivity index (χ3v) is 6.74. The first-order valence-corrected chi connectivity index (χ1v) is 14.6. The Labute approximate surface area is 235 Å². The summed E-state index contributed by atoms with van der Waals surface area (Å²) in [6.07, 6.45) is -0.638. The molecule has 4 unspecified atom stereocenters. The van der Waals surface area contributed by atoms with Gasteiger partial charge in [0, 0.05) is 30.8 Å². The Bertz CT molecular complexity index is 925. The molecule has 0 aliphatic rings. The highest BCUT2D eigenvalue weighted by Crippen LogP contribution is 2.23. The molecule has 0 fully saturated rings. The van der Waals surface area contributed by atoms with E-state index in [4.69, 9.17) is 0 Å². The van der Waals surface area contributed by atoms with E-state index >= 15 is 0 Å². The molecule has 1 rings (SSSR count). The zero-order valence-electron chi connectivity index (χ0n) is 25.6. The van der Waals surface area contributed by atoms with Crippen molar-refractivity contribution >= 4 is 17.7 Å². The average molecular weight is 548 g/mol. The van der Waals surface area contributed by atoms with Gasteiger partial charge in [-0.15, -0.1) is 0 Å². The van der Waals surface area contributed by atoms with E-state index in [0.717, 1.165) is 18.4 Å². The van der Waals surface area contributed by atoms with Gasteiger partial charge in [0.1, 0.15) is 6.10 Å². The van der Waals surface area contributed by atoms with Gasteiger partial charge in [-0.1, -0.05) is 55.4 Å². The Morgan fingerprint density at radius 2 is 1.41 bits per heavy atom. The minimum Gasteiger partial charge on any atom is -0.390 e. The van der Waals surface area contributed by atoms with Crippen molar-refractivity contribution in [1.82, 2.24) is 15.5 Å². The maximum atomic E-state index is 13.4. The van der Waals surface area contributed by atoms with Crippen molar-refractivity contribution in [2.75, 3.05) is 19.6 Å². The molecule has 0 aliphatic carbocycles. The first-order chi connectivity index (χ1) is 18.2. The molecule has 39 heavy (non-hydrogen) atoms. The number of carbonyl (C=O) groups excluding carboxylic acids is 3. The van der Waals surface area contributed by atoms with Crippen molar-refractivity contribution in [3.63, 3.8) is 0 Å². The molecular weight excluding hydrogens is 494 g/mol. The number of nitrogens with one attached hydrogen (secondary N) is 2. The van der Waals surface area contributed by atoms with Crippen molar-refractivity contribution in [3.8, 4) is 0 Å². The lowest BCUT2D eigenvalue weighted by Gasteiger charge is -2.34. The van der Waals surface area contributed by atoms with Crippen molar-refractivity contribution in [3.05, 3.63) is 34.9 Å². The van der Waals surface area contributed by atoms with Gasteiger partial charge in [0.2, 0.25) is 5.91 Å². The van der Waals surface area contributed by atoms with Crippen molar-refractivity contribution < 1.29 is 24.6 Å². The summed E-state index contributed by atoms with van der Waals surface area (Å²) in [5, 5.41) is 28.2. The Hall–Kier alpha value is -2.45. The van der Waals surface area contributed by atoms with E-state index in [1.54, 1.807) is 23.1 Å². The number of carbonyl (C=O) groups is 3. The molecule has 8 nitrogen and oxygen atoms in total. The van der Waals surface area contributed by atoms with Crippen LogP contribution in [-0.2, 0) is 4.79 Å². The molecule has 0 bridgehead atoms. The summed E-state index contributed by atoms with van der Waals surface area (Å²) in [6, 6.07) is 4.30. The molecule has 3 amide bonds. The summed E-state index contributed by atoms with van der Waals surface area (Å²) in [7, 11) is 0. The second kappa shape index (κ2) is 16.6. The van der Waals surface area contributed by atoms with Crippen LogP contribution in [0.25, 0.3) is 0 Å². The Morgan fingerprint density at radius 3 is 1.90 bits per heavy atom. The monoisotopic (exact) mass is 547 g/mol. The van der Waals surface area contributed by atoms with E-state index in [0.29, 0.717) is 37.2 Å². The molecule has 0 aromatic heterocycles. The van der Waals surface area contributed by atoms with Crippen LogP contribution >= 0.6 is 0 Å². The second-order valence-electron chi connectivity index (χ2n) is 12.0. The normalized spacial score (nSPS) is 14.7. The van der Waals surface area contributed by atoms with Gasteiger partial charge in [0.15, 0.2) is 0 Å². The lowest BCUT2D eigenvalue weighted by molar-refractivity contribution is -0.136. The number of benzene rings is 1. The van der Waals surface area contributed by atoms with Gasteiger partial charge in [-0.25, -0.2) is 0 Å². The lowest BCUT2D eigenvalue weighted by Crippen LogP contribution is -2.54. The summed E-state index contributed by atoms with van der Waals surface area (Å²) in [5.74, 6) is -1.57. The van der Waals surface area contributed by atoms with Crippen LogP contribution in [-0.4, -0.2) is 70.7 Å². The topological polar surface area (TPSA) is 119 Å². The Balaban J connectivity index is 3.23. The van der Waals surface area contributed by atoms with E-state index < -0.39 is 30.1 Å². The molecule has 0 saturated heterocycles. The molecule has 0 spiro atoms. The molecule has 4 atom stereocenters. The maximum Gasteiger partial charge on any atom is 0.253 e. The van der Waals surface area contributed by atoms with Gasteiger partial charge in [0.05, 0.1) is 18.1 Å². The highest BCUT2D eigenvalue weighted by atomic mass is 16.3. The molecule has 222 valence electrons. The minimum atomic E-state index is -1.37. The summed E-state index contributed by atoms with van der Waals surface area (Å²) < 4.78 is 0. The van der Waals surface area contributed by atoms with E-state index in [9.17, 15) is 24.6 Å². The lowest BCUT2D eigenvalue weighted by atomic mass is 9.83. The fourth-order valence-electron chi connectivity index (χ4n) is 4.84. The fraction of sp³-hybridized carbons (Fsp3) is 0.710. The van der Waals surface area contributed by atoms with Crippen LogP contribution < -0.4 is 10.6 Å². The molecule has 0 heterocycles.